The highest BCUT2D eigenvalue weighted by Crippen LogP contribution is 2.36. The fraction of sp³-hybridized carbons (Fsp3) is 0.519. The summed E-state index contributed by atoms with van der Waals surface area (Å²) in [5, 5.41) is 23.4. The first-order chi connectivity index (χ1) is 15.1. The number of hydrogen-bond acceptors (Lipinski definition) is 4. The summed E-state index contributed by atoms with van der Waals surface area (Å²) in [6.45, 7) is 16.9. The summed E-state index contributed by atoms with van der Waals surface area (Å²) in [6.07, 6.45) is 1.83. The molecule has 1 aromatic heterocycles. The number of nitrogens with one attached hydrogen (secondary N) is 1. The Labute approximate surface area is 197 Å². The van der Waals surface area contributed by atoms with Crippen molar-refractivity contribution in [3.05, 3.63) is 47.5 Å². The van der Waals surface area contributed by atoms with E-state index in [2.05, 4.69) is 70.9 Å². The average molecular weight is 451 g/mol. The number of rotatable bonds is 6. The van der Waals surface area contributed by atoms with Crippen molar-refractivity contribution in [3.63, 3.8) is 0 Å². The molecule has 6 nitrogen and oxygen atoms in total. The fourth-order valence-electron chi connectivity index (χ4n) is 4.58. The molecule has 6 heteroatoms. The van der Waals surface area contributed by atoms with E-state index in [0.29, 0.717) is 18.5 Å². The van der Waals surface area contributed by atoms with E-state index in [9.17, 15) is 9.90 Å². The van der Waals surface area contributed by atoms with Crippen molar-refractivity contribution in [2.24, 2.45) is 5.41 Å². The Bertz CT molecular complexity index is 1110. The number of aromatic hydroxyl groups is 1. The number of nitrogens with zero attached hydrogens (tertiary/aromatic N) is 3. The highest BCUT2D eigenvalue weighted by molar-refractivity contribution is 5.77. The lowest BCUT2D eigenvalue weighted by Gasteiger charge is -2.33. The van der Waals surface area contributed by atoms with Crippen molar-refractivity contribution < 1.29 is 9.90 Å². The highest BCUT2D eigenvalue weighted by atomic mass is 16.3. The molecule has 0 saturated carbocycles. The number of aromatic nitrogens is 3. The van der Waals surface area contributed by atoms with Gasteiger partial charge in [-0.25, -0.2) is 0 Å². The van der Waals surface area contributed by atoms with Gasteiger partial charge in [0.15, 0.2) is 0 Å². The van der Waals surface area contributed by atoms with Gasteiger partial charge >= 0.3 is 0 Å². The number of carbonyl (C=O) groups is 1. The van der Waals surface area contributed by atoms with Gasteiger partial charge in [0, 0.05) is 17.5 Å². The van der Waals surface area contributed by atoms with E-state index in [-0.39, 0.29) is 28.0 Å². The van der Waals surface area contributed by atoms with Gasteiger partial charge < -0.3 is 10.4 Å². The maximum Gasteiger partial charge on any atom is 0.220 e. The molecule has 0 radical (unpaired) electrons. The minimum absolute atomic E-state index is 0.0270. The van der Waals surface area contributed by atoms with Crippen molar-refractivity contribution in [2.75, 3.05) is 0 Å². The Hall–Kier alpha value is -2.89. The number of benzene rings is 2. The predicted molar refractivity (Wildman–Crippen MR) is 134 cm³/mol. The smallest absolute Gasteiger partial charge is 0.220 e. The molecule has 3 aromatic rings. The van der Waals surface area contributed by atoms with E-state index >= 15 is 0 Å². The Balaban J connectivity index is 1.88. The number of fused-ring (bicyclic) bond motifs is 1. The van der Waals surface area contributed by atoms with E-state index in [1.807, 2.05) is 36.4 Å². The van der Waals surface area contributed by atoms with Crippen LogP contribution < -0.4 is 5.32 Å². The Morgan fingerprint density at radius 1 is 0.970 bits per heavy atom. The SMILES string of the molecule is CC(C)(C)CC(C)(C)NC(=O)CCc1cc(-n2nc3ccccc3n2)c(O)c(C(C)(C)C)c1. The van der Waals surface area contributed by atoms with Crippen LogP contribution in [-0.4, -0.2) is 31.5 Å². The third-order valence-electron chi connectivity index (χ3n) is 5.55. The molecular weight excluding hydrogens is 412 g/mol. The summed E-state index contributed by atoms with van der Waals surface area (Å²) in [5.74, 6) is 0.196. The first-order valence-electron chi connectivity index (χ1n) is 11.6. The van der Waals surface area contributed by atoms with Crippen molar-refractivity contribution in [3.8, 4) is 11.4 Å². The third-order valence-corrected chi connectivity index (χ3v) is 5.55. The van der Waals surface area contributed by atoms with Crippen molar-refractivity contribution in [2.45, 2.75) is 85.6 Å². The van der Waals surface area contributed by atoms with E-state index < -0.39 is 0 Å². The van der Waals surface area contributed by atoms with Gasteiger partial charge in [-0.1, -0.05) is 59.7 Å². The van der Waals surface area contributed by atoms with Crippen LogP contribution in [-0.2, 0) is 16.6 Å². The summed E-state index contributed by atoms with van der Waals surface area (Å²) in [7, 11) is 0. The van der Waals surface area contributed by atoms with Crippen LogP contribution in [0.1, 0.15) is 79.4 Å². The maximum absolute atomic E-state index is 12.7. The largest absolute Gasteiger partial charge is 0.505 e. The molecule has 0 unspecified atom stereocenters. The molecule has 0 atom stereocenters. The quantitative estimate of drug-likeness (QED) is 0.506. The van der Waals surface area contributed by atoms with Crippen LogP contribution in [0, 0.1) is 5.41 Å². The molecule has 0 aliphatic carbocycles. The first kappa shape index (κ1) is 24.7. The third kappa shape index (κ3) is 6.34. The van der Waals surface area contributed by atoms with Crippen LogP contribution >= 0.6 is 0 Å². The minimum Gasteiger partial charge on any atom is -0.505 e. The molecule has 0 spiro atoms. The monoisotopic (exact) mass is 450 g/mol. The zero-order valence-electron chi connectivity index (χ0n) is 21.3. The topological polar surface area (TPSA) is 80.0 Å². The minimum atomic E-state index is -0.279. The molecule has 2 N–H and O–H groups in total. The van der Waals surface area contributed by atoms with E-state index in [1.165, 1.54) is 4.80 Å². The van der Waals surface area contributed by atoms with Gasteiger partial charge in [-0.05, 0) is 61.3 Å². The summed E-state index contributed by atoms with van der Waals surface area (Å²) in [6, 6.07) is 11.5. The summed E-state index contributed by atoms with van der Waals surface area (Å²) >= 11 is 0. The Morgan fingerprint density at radius 2 is 1.55 bits per heavy atom. The molecule has 1 amide bonds. The molecule has 0 bridgehead atoms. The maximum atomic E-state index is 12.7. The highest BCUT2D eigenvalue weighted by Gasteiger charge is 2.27. The van der Waals surface area contributed by atoms with E-state index in [1.54, 1.807) is 0 Å². The molecule has 0 aliphatic heterocycles. The summed E-state index contributed by atoms with van der Waals surface area (Å²) in [5.41, 5.74) is 3.42. The van der Waals surface area contributed by atoms with E-state index in [4.69, 9.17) is 0 Å². The van der Waals surface area contributed by atoms with Crippen LogP contribution in [0.15, 0.2) is 36.4 Å². The normalized spacial score (nSPS) is 12.8. The van der Waals surface area contributed by atoms with Crippen molar-refractivity contribution >= 4 is 16.9 Å². The molecule has 3 rings (SSSR count). The molecule has 178 valence electrons. The van der Waals surface area contributed by atoms with Gasteiger partial charge in [-0.15, -0.1) is 15.0 Å². The van der Waals surface area contributed by atoms with E-state index in [0.717, 1.165) is 28.6 Å². The average Bonchev–Trinajstić information content (AvgIpc) is 3.07. The van der Waals surface area contributed by atoms with Gasteiger partial charge in [0.25, 0.3) is 0 Å². The second-order valence-electron chi connectivity index (χ2n) is 11.9. The lowest BCUT2D eigenvalue weighted by molar-refractivity contribution is -0.122. The lowest BCUT2D eigenvalue weighted by atomic mass is 9.81. The van der Waals surface area contributed by atoms with Gasteiger partial charge in [0.2, 0.25) is 5.91 Å². The number of carbonyl (C=O) groups excluding carboxylic acids is 1. The number of aryl methyl sites for hydroxylation is 1. The van der Waals surface area contributed by atoms with Crippen LogP contribution in [0.5, 0.6) is 5.75 Å². The van der Waals surface area contributed by atoms with Gasteiger partial charge in [0.05, 0.1) is 0 Å². The second-order valence-corrected chi connectivity index (χ2v) is 11.9. The zero-order valence-corrected chi connectivity index (χ0v) is 21.3. The number of phenols is 1. The van der Waals surface area contributed by atoms with Crippen LogP contribution in [0.25, 0.3) is 16.7 Å². The molecule has 0 saturated heterocycles. The number of phenolic OH excluding ortho intramolecular Hbond substituents is 1. The standard InChI is InChI=1S/C27H38N4O2/c1-25(2,3)17-27(7,8)28-23(32)14-13-18-15-19(26(4,5)6)24(33)22(16-18)31-29-20-11-9-10-12-21(20)30-31/h9-12,15-16,33H,13-14,17H2,1-8H3,(H,28,32). The number of hydrogen-bond donors (Lipinski definition) is 2. The van der Waals surface area contributed by atoms with Gasteiger partial charge in [-0.3, -0.25) is 4.79 Å². The lowest BCUT2D eigenvalue weighted by Crippen LogP contribution is -2.45. The second kappa shape index (κ2) is 8.81. The number of amides is 1. The molecular formula is C27H38N4O2. The fourth-order valence-corrected chi connectivity index (χ4v) is 4.58. The Morgan fingerprint density at radius 3 is 2.06 bits per heavy atom. The molecule has 0 fully saturated rings. The molecule has 0 aliphatic rings. The van der Waals surface area contributed by atoms with Crippen molar-refractivity contribution in [1.82, 2.24) is 20.3 Å². The molecule has 1 heterocycles. The Kier molecular flexibility index (Phi) is 6.60. The summed E-state index contributed by atoms with van der Waals surface area (Å²) < 4.78 is 0. The molecule has 2 aromatic carbocycles. The van der Waals surface area contributed by atoms with Gasteiger partial charge in [0.1, 0.15) is 22.5 Å². The first-order valence-corrected chi connectivity index (χ1v) is 11.6. The molecule has 33 heavy (non-hydrogen) atoms. The van der Waals surface area contributed by atoms with Crippen LogP contribution in [0.4, 0.5) is 0 Å². The zero-order chi connectivity index (χ0) is 24.6. The van der Waals surface area contributed by atoms with Crippen LogP contribution in [0.2, 0.25) is 0 Å². The van der Waals surface area contributed by atoms with Crippen molar-refractivity contribution in [1.29, 1.82) is 0 Å². The summed E-state index contributed by atoms with van der Waals surface area (Å²) in [4.78, 5) is 14.2. The predicted octanol–water partition coefficient (Wildman–Crippen LogP) is 5.69. The van der Waals surface area contributed by atoms with Crippen LogP contribution in [0.3, 0.4) is 0 Å². The van der Waals surface area contributed by atoms with Gasteiger partial charge in [-0.2, -0.15) is 0 Å².